The normalized spacial score (nSPS) is 28.4. The summed E-state index contributed by atoms with van der Waals surface area (Å²) in [5, 5.41) is 2.73. The van der Waals surface area contributed by atoms with Crippen LogP contribution < -0.4 is 5.32 Å². The minimum absolute atomic E-state index is 0.252. The predicted octanol–water partition coefficient (Wildman–Crippen LogP) is 2.15. The maximum Gasteiger partial charge on any atom is 0.329 e. The Morgan fingerprint density at radius 3 is 2.38 bits per heavy atom. The Morgan fingerprint density at radius 2 is 1.76 bits per heavy atom. The number of hydrogen-bond acceptors (Lipinski definition) is 5. The number of esters is 1. The molecule has 1 N–H and O–H groups in total. The number of nitrogens with zero attached hydrogens (tertiary/aromatic N) is 1. The highest BCUT2D eigenvalue weighted by molar-refractivity contribution is 6.08. The van der Waals surface area contributed by atoms with Gasteiger partial charge in [0, 0.05) is 5.69 Å². The number of ether oxygens (including phenoxy) is 1. The SMILES string of the molecule is CCc1ccccc1NC(=O)COC(=O)[C@H](C)N1C(=O)[C@@H]2[C@H]3CC[C@@H](C3)[C@@H]2C1=O. The van der Waals surface area contributed by atoms with Crippen LogP contribution >= 0.6 is 0 Å². The third-order valence-electron chi connectivity index (χ3n) is 6.71. The first-order chi connectivity index (χ1) is 13.9. The van der Waals surface area contributed by atoms with Gasteiger partial charge in [0.05, 0.1) is 11.8 Å². The van der Waals surface area contributed by atoms with E-state index >= 15 is 0 Å². The number of nitrogens with one attached hydrogen (secondary N) is 1. The maximum atomic E-state index is 12.8. The molecule has 5 atom stereocenters. The second-order valence-corrected chi connectivity index (χ2v) is 8.27. The second kappa shape index (κ2) is 7.61. The van der Waals surface area contributed by atoms with Gasteiger partial charge in [0.1, 0.15) is 6.04 Å². The van der Waals surface area contributed by atoms with Crippen molar-refractivity contribution in [2.45, 2.75) is 45.6 Å². The fourth-order valence-corrected chi connectivity index (χ4v) is 5.31. The van der Waals surface area contributed by atoms with Crippen LogP contribution in [0.1, 0.15) is 38.7 Å². The number of aryl methyl sites for hydroxylation is 1. The molecule has 1 aliphatic heterocycles. The highest BCUT2D eigenvalue weighted by atomic mass is 16.5. The molecule has 3 aliphatic rings. The van der Waals surface area contributed by atoms with E-state index in [1.807, 2.05) is 25.1 Å². The van der Waals surface area contributed by atoms with Gasteiger partial charge in [0.25, 0.3) is 5.91 Å². The largest absolute Gasteiger partial charge is 0.454 e. The Labute approximate surface area is 169 Å². The van der Waals surface area contributed by atoms with Crippen LogP contribution in [-0.2, 0) is 30.3 Å². The lowest BCUT2D eigenvalue weighted by molar-refractivity contribution is -0.159. The fourth-order valence-electron chi connectivity index (χ4n) is 5.31. The van der Waals surface area contributed by atoms with Crippen LogP contribution in [0.5, 0.6) is 0 Å². The molecule has 2 saturated carbocycles. The first-order valence-electron chi connectivity index (χ1n) is 10.3. The second-order valence-electron chi connectivity index (χ2n) is 8.27. The molecule has 3 amide bonds. The number of likely N-dealkylation sites (tertiary alicyclic amines) is 1. The molecule has 7 nitrogen and oxygen atoms in total. The molecule has 1 saturated heterocycles. The highest BCUT2D eigenvalue weighted by Gasteiger charge is 2.62. The molecule has 1 heterocycles. The van der Waals surface area contributed by atoms with Crippen molar-refractivity contribution in [2.75, 3.05) is 11.9 Å². The number of para-hydroxylation sites is 1. The third-order valence-corrected chi connectivity index (χ3v) is 6.71. The highest BCUT2D eigenvalue weighted by Crippen LogP contribution is 2.56. The molecule has 0 aromatic heterocycles. The molecule has 3 fully saturated rings. The number of carbonyl (C=O) groups is 4. The van der Waals surface area contributed by atoms with E-state index in [1.54, 1.807) is 6.07 Å². The lowest BCUT2D eigenvalue weighted by Gasteiger charge is -2.23. The topological polar surface area (TPSA) is 92.8 Å². The summed E-state index contributed by atoms with van der Waals surface area (Å²) in [4.78, 5) is 51.3. The van der Waals surface area contributed by atoms with Gasteiger partial charge in [-0.05, 0) is 56.1 Å². The van der Waals surface area contributed by atoms with Gasteiger partial charge < -0.3 is 10.1 Å². The summed E-state index contributed by atoms with van der Waals surface area (Å²) < 4.78 is 5.11. The van der Waals surface area contributed by atoms with Gasteiger partial charge in [-0.1, -0.05) is 25.1 Å². The van der Waals surface area contributed by atoms with E-state index < -0.39 is 24.5 Å². The van der Waals surface area contributed by atoms with Crippen molar-refractivity contribution in [3.8, 4) is 0 Å². The fraction of sp³-hybridized carbons (Fsp3) is 0.545. The van der Waals surface area contributed by atoms with Crippen molar-refractivity contribution in [3.63, 3.8) is 0 Å². The lowest BCUT2D eigenvalue weighted by atomic mass is 9.81. The average Bonchev–Trinajstić information content (AvgIpc) is 3.40. The van der Waals surface area contributed by atoms with Gasteiger partial charge in [0.2, 0.25) is 11.8 Å². The van der Waals surface area contributed by atoms with Crippen LogP contribution in [0.15, 0.2) is 24.3 Å². The quantitative estimate of drug-likeness (QED) is 0.585. The zero-order valence-electron chi connectivity index (χ0n) is 16.7. The molecular formula is C22H26N2O5. The van der Waals surface area contributed by atoms with E-state index in [4.69, 9.17) is 4.74 Å². The number of anilines is 1. The van der Waals surface area contributed by atoms with Crippen LogP contribution in [0.4, 0.5) is 5.69 Å². The first kappa shape index (κ1) is 19.6. The van der Waals surface area contributed by atoms with Gasteiger partial charge in [0.15, 0.2) is 6.61 Å². The molecule has 7 heteroatoms. The van der Waals surface area contributed by atoms with Gasteiger partial charge in [-0.3, -0.25) is 19.3 Å². The van der Waals surface area contributed by atoms with Crippen LogP contribution in [-0.4, -0.2) is 41.2 Å². The maximum absolute atomic E-state index is 12.8. The minimum atomic E-state index is -1.02. The zero-order valence-corrected chi connectivity index (χ0v) is 16.7. The monoisotopic (exact) mass is 398 g/mol. The number of hydrogen-bond donors (Lipinski definition) is 1. The van der Waals surface area contributed by atoms with Crippen molar-refractivity contribution in [3.05, 3.63) is 29.8 Å². The number of benzene rings is 1. The first-order valence-corrected chi connectivity index (χ1v) is 10.3. The van der Waals surface area contributed by atoms with E-state index in [0.29, 0.717) is 5.69 Å². The number of carbonyl (C=O) groups excluding carboxylic acids is 4. The molecule has 0 radical (unpaired) electrons. The van der Waals surface area contributed by atoms with Crippen molar-refractivity contribution in [1.82, 2.24) is 4.90 Å². The summed E-state index contributed by atoms with van der Waals surface area (Å²) >= 11 is 0. The Morgan fingerprint density at radius 1 is 1.14 bits per heavy atom. The zero-order chi connectivity index (χ0) is 20.7. The smallest absolute Gasteiger partial charge is 0.329 e. The van der Waals surface area contributed by atoms with Crippen molar-refractivity contribution in [2.24, 2.45) is 23.7 Å². The van der Waals surface area contributed by atoms with Crippen LogP contribution in [0, 0.1) is 23.7 Å². The summed E-state index contributed by atoms with van der Waals surface area (Å²) in [6, 6.07) is 6.39. The van der Waals surface area contributed by atoms with E-state index in [1.165, 1.54) is 6.92 Å². The standard InChI is InChI=1S/C22H26N2O5/c1-3-13-6-4-5-7-16(13)23-17(25)11-29-22(28)12(2)24-20(26)18-14-8-9-15(10-14)19(18)21(24)27/h4-7,12,14-15,18-19H,3,8-11H2,1-2H3,(H,23,25)/t12-,14-,15-,18-,19+/m0/s1. The van der Waals surface area contributed by atoms with Gasteiger partial charge >= 0.3 is 5.97 Å². The molecule has 0 unspecified atom stereocenters. The molecule has 4 rings (SSSR count). The van der Waals surface area contributed by atoms with Crippen molar-refractivity contribution >= 4 is 29.4 Å². The average molecular weight is 398 g/mol. The van der Waals surface area contributed by atoms with Gasteiger partial charge in [-0.25, -0.2) is 4.79 Å². The molecule has 29 heavy (non-hydrogen) atoms. The molecule has 154 valence electrons. The molecule has 1 aromatic rings. The minimum Gasteiger partial charge on any atom is -0.454 e. The summed E-state index contributed by atoms with van der Waals surface area (Å²) in [5.41, 5.74) is 1.66. The molecule has 0 spiro atoms. The summed E-state index contributed by atoms with van der Waals surface area (Å²) in [5.74, 6) is -1.72. The Kier molecular flexibility index (Phi) is 5.15. The Balaban J connectivity index is 1.35. The van der Waals surface area contributed by atoms with Crippen molar-refractivity contribution < 1.29 is 23.9 Å². The Hall–Kier alpha value is -2.70. The van der Waals surface area contributed by atoms with Crippen LogP contribution in [0.2, 0.25) is 0 Å². The number of amides is 3. The molecule has 2 aliphatic carbocycles. The van der Waals surface area contributed by atoms with E-state index in [0.717, 1.165) is 36.1 Å². The third kappa shape index (κ3) is 3.32. The lowest BCUT2D eigenvalue weighted by Crippen LogP contribution is -2.45. The van der Waals surface area contributed by atoms with Gasteiger partial charge in [-0.2, -0.15) is 0 Å². The Bertz CT molecular complexity index is 839. The van der Waals surface area contributed by atoms with Crippen LogP contribution in [0.3, 0.4) is 0 Å². The van der Waals surface area contributed by atoms with E-state index in [-0.39, 0.29) is 35.5 Å². The van der Waals surface area contributed by atoms with Gasteiger partial charge in [-0.15, -0.1) is 0 Å². The summed E-state index contributed by atoms with van der Waals surface area (Å²) in [7, 11) is 0. The number of rotatable bonds is 6. The number of imide groups is 1. The van der Waals surface area contributed by atoms with Crippen molar-refractivity contribution in [1.29, 1.82) is 0 Å². The molecule has 1 aromatic carbocycles. The van der Waals surface area contributed by atoms with E-state index in [9.17, 15) is 19.2 Å². The summed E-state index contributed by atoms with van der Waals surface area (Å²) in [6.07, 6.45) is 3.67. The van der Waals surface area contributed by atoms with Crippen LogP contribution in [0.25, 0.3) is 0 Å². The summed E-state index contributed by atoms with van der Waals surface area (Å²) in [6.45, 7) is 3.01. The van der Waals surface area contributed by atoms with E-state index in [2.05, 4.69) is 5.32 Å². The predicted molar refractivity (Wildman–Crippen MR) is 105 cm³/mol. The molecule has 2 bridgehead atoms. The number of fused-ring (bicyclic) bond motifs is 5. The molecular weight excluding hydrogens is 372 g/mol.